The number of aryl methyl sites for hydroxylation is 1. The largest absolute Gasteiger partial charge is 0.145 e. The van der Waals surface area contributed by atoms with Gasteiger partial charge in [0.2, 0.25) is 0 Å². The maximum atomic E-state index is 5.87. The molecule has 0 saturated heterocycles. The van der Waals surface area contributed by atoms with Crippen molar-refractivity contribution < 1.29 is 0 Å². The molecule has 0 aliphatic heterocycles. The summed E-state index contributed by atoms with van der Waals surface area (Å²) < 4.78 is 0. The molecule has 0 nitrogen and oxygen atoms in total. The number of halogens is 1. The zero-order valence-electron chi connectivity index (χ0n) is 8.83. The Morgan fingerprint density at radius 3 is 2.27 bits per heavy atom. The third-order valence-electron chi connectivity index (χ3n) is 2.56. The van der Waals surface area contributed by atoms with E-state index < -0.39 is 0 Å². The molecule has 2 rings (SSSR count). The van der Waals surface area contributed by atoms with Gasteiger partial charge < -0.3 is 0 Å². The zero-order chi connectivity index (χ0) is 10.8. The lowest BCUT2D eigenvalue weighted by molar-refractivity contribution is 0.948. The lowest BCUT2D eigenvalue weighted by Crippen LogP contribution is -1.91. The van der Waals surface area contributed by atoms with Crippen LogP contribution in [0.2, 0.25) is 5.02 Å². The van der Waals surface area contributed by atoms with E-state index >= 15 is 0 Å². The van der Waals surface area contributed by atoms with Gasteiger partial charge in [0.05, 0.1) is 0 Å². The maximum absolute atomic E-state index is 5.87. The van der Waals surface area contributed by atoms with Crippen molar-refractivity contribution in [3.63, 3.8) is 0 Å². The van der Waals surface area contributed by atoms with Crippen LogP contribution in [0.5, 0.6) is 0 Å². The standard InChI is InChI=1S/C13H13ClS/c1-9-3-8-13(15-9)10(2)11-4-6-12(14)7-5-11/h3-8,10H,1-2H3. The van der Waals surface area contributed by atoms with Crippen LogP contribution in [0.3, 0.4) is 0 Å². The van der Waals surface area contributed by atoms with Crippen LogP contribution in [0.1, 0.15) is 28.2 Å². The van der Waals surface area contributed by atoms with Crippen LogP contribution < -0.4 is 0 Å². The van der Waals surface area contributed by atoms with Crippen molar-refractivity contribution >= 4 is 22.9 Å². The highest BCUT2D eigenvalue weighted by Gasteiger charge is 2.09. The molecular weight excluding hydrogens is 224 g/mol. The first kappa shape index (κ1) is 10.7. The second kappa shape index (κ2) is 4.38. The molecule has 1 unspecified atom stereocenters. The second-order valence-electron chi connectivity index (χ2n) is 3.72. The fraction of sp³-hybridized carbons (Fsp3) is 0.231. The molecule has 1 aromatic carbocycles. The first-order valence-corrected chi connectivity index (χ1v) is 6.18. The Morgan fingerprint density at radius 2 is 1.73 bits per heavy atom. The van der Waals surface area contributed by atoms with Crippen LogP contribution in [0.15, 0.2) is 36.4 Å². The molecule has 1 atom stereocenters. The summed E-state index contributed by atoms with van der Waals surface area (Å²) in [5, 5.41) is 0.799. The third-order valence-corrected chi connectivity index (χ3v) is 3.99. The summed E-state index contributed by atoms with van der Waals surface area (Å²) >= 11 is 7.73. The van der Waals surface area contributed by atoms with Crippen molar-refractivity contribution in [3.05, 3.63) is 56.7 Å². The highest BCUT2D eigenvalue weighted by molar-refractivity contribution is 7.12. The molecule has 0 N–H and O–H groups in total. The summed E-state index contributed by atoms with van der Waals surface area (Å²) in [6.07, 6.45) is 0. The molecule has 2 aromatic rings. The number of hydrogen-bond donors (Lipinski definition) is 0. The van der Waals surface area contributed by atoms with Gasteiger partial charge in [-0.2, -0.15) is 0 Å². The summed E-state index contributed by atoms with van der Waals surface area (Å²) in [7, 11) is 0. The molecule has 0 spiro atoms. The fourth-order valence-corrected chi connectivity index (χ4v) is 2.68. The van der Waals surface area contributed by atoms with Crippen LogP contribution in [0, 0.1) is 6.92 Å². The van der Waals surface area contributed by atoms with Crippen LogP contribution >= 0.6 is 22.9 Å². The minimum absolute atomic E-state index is 0.459. The van der Waals surface area contributed by atoms with E-state index in [9.17, 15) is 0 Å². The Kier molecular flexibility index (Phi) is 3.13. The lowest BCUT2D eigenvalue weighted by Gasteiger charge is -2.09. The quantitative estimate of drug-likeness (QED) is 0.699. The zero-order valence-corrected chi connectivity index (χ0v) is 10.4. The van der Waals surface area contributed by atoms with E-state index in [0.717, 1.165) is 5.02 Å². The van der Waals surface area contributed by atoms with Crippen molar-refractivity contribution in [3.8, 4) is 0 Å². The minimum atomic E-state index is 0.459. The van der Waals surface area contributed by atoms with Gasteiger partial charge in [-0.15, -0.1) is 11.3 Å². The second-order valence-corrected chi connectivity index (χ2v) is 5.48. The van der Waals surface area contributed by atoms with Crippen LogP contribution in [0.25, 0.3) is 0 Å². The monoisotopic (exact) mass is 236 g/mol. The van der Waals surface area contributed by atoms with Gasteiger partial charge in [0.15, 0.2) is 0 Å². The molecule has 0 radical (unpaired) electrons. The Labute approximate surface area is 99.5 Å². The minimum Gasteiger partial charge on any atom is -0.145 e. The van der Waals surface area contributed by atoms with E-state index in [-0.39, 0.29) is 0 Å². The van der Waals surface area contributed by atoms with Crippen molar-refractivity contribution in [2.75, 3.05) is 0 Å². The molecule has 1 aromatic heterocycles. The molecule has 0 aliphatic carbocycles. The molecule has 2 heteroatoms. The molecular formula is C13H13ClS. The molecule has 15 heavy (non-hydrogen) atoms. The van der Waals surface area contributed by atoms with Crippen LogP contribution in [-0.4, -0.2) is 0 Å². The fourth-order valence-electron chi connectivity index (χ4n) is 1.60. The summed E-state index contributed by atoms with van der Waals surface area (Å²) in [5.41, 5.74) is 1.32. The van der Waals surface area contributed by atoms with Gasteiger partial charge in [-0.05, 0) is 36.8 Å². The van der Waals surface area contributed by atoms with Crippen molar-refractivity contribution in [1.82, 2.24) is 0 Å². The van der Waals surface area contributed by atoms with Gasteiger partial charge in [-0.25, -0.2) is 0 Å². The van der Waals surface area contributed by atoms with E-state index in [4.69, 9.17) is 11.6 Å². The van der Waals surface area contributed by atoms with Gasteiger partial charge >= 0.3 is 0 Å². The van der Waals surface area contributed by atoms with E-state index in [2.05, 4.69) is 38.1 Å². The van der Waals surface area contributed by atoms with Crippen molar-refractivity contribution in [1.29, 1.82) is 0 Å². The van der Waals surface area contributed by atoms with E-state index in [0.29, 0.717) is 5.92 Å². The highest BCUT2D eigenvalue weighted by Crippen LogP contribution is 2.30. The Hall–Kier alpha value is -0.790. The van der Waals surface area contributed by atoms with Gasteiger partial charge in [0.25, 0.3) is 0 Å². The predicted octanol–water partition coefficient (Wildman–Crippen LogP) is 4.86. The smallest absolute Gasteiger partial charge is 0.0406 e. The van der Waals surface area contributed by atoms with E-state index in [1.54, 1.807) is 0 Å². The van der Waals surface area contributed by atoms with Gasteiger partial charge in [-0.1, -0.05) is 30.7 Å². The van der Waals surface area contributed by atoms with Gasteiger partial charge in [0, 0.05) is 20.7 Å². The van der Waals surface area contributed by atoms with E-state index in [1.165, 1.54) is 15.3 Å². The molecule has 78 valence electrons. The van der Waals surface area contributed by atoms with Gasteiger partial charge in [-0.3, -0.25) is 0 Å². The third kappa shape index (κ3) is 2.42. The van der Waals surface area contributed by atoms with Gasteiger partial charge in [0.1, 0.15) is 0 Å². The average molecular weight is 237 g/mol. The first-order valence-electron chi connectivity index (χ1n) is 4.98. The molecule has 0 fully saturated rings. The number of rotatable bonds is 2. The molecule has 0 saturated carbocycles. The molecule has 0 bridgehead atoms. The topological polar surface area (TPSA) is 0 Å². The van der Waals surface area contributed by atoms with Crippen molar-refractivity contribution in [2.45, 2.75) is 19.8 Å². The lowest BCUT2D eigenvalue weighted by atomic mass is 10.00. The summed E-state index contributed by atoms with van der Waals surface area (Å²) in [5.74, 6) is 0.459. The Bertz CT molecular complexity index is 442. The SMILES string of the molecule is Cc1ccc(C(C)c2ccc(Cl)cc2)s1. The van der Waals surface area contributed by atoms with E-state index in [1.807, 2.05) is 23.5 Å². The number of hydrogen-bond acceptors (Lipinski definition) is 1. The Balaban J connectivity index is 2.28. The average Bonchev–Trinajstić information content (AvgIpc) is 2.65. The first-order chi connectivity index (χ1) is 7.16. The summed E-state index contributed by atoms with van der Waals surface area (Å²) in [6, 6.07) is 12.5. The number of benzene rings is 1. The van der Waals surface area contributed by atoms with Crippen LogP contribution in [-0.2, 0) is 0 Å². The maximum Gasteiger partial charge on any atom is 0.0406 e. The predicted molar refractivity (Wildman–Crippen MR) is 68.0 cm³/mol. The van der Waals surface area contributed by atoms with Crippen molar-refractivity contribution in [2.24, 2.45) is 0 Å². The normalized spacial score (nSPS) is 12.7. The molecule has 1 heterocycles. The highest BCUT2D eigenvalue weighted by atomic mass is 35.5. The van der Waals surface area contributed by atoms with Crippen LogP contribution in [0.4, 0.5) is 0 Å². The summed E-state index contributed by atoms with van der Waals surface area (Å²) in [6.45, 7) is 4.37. The molecule has 0 amide bonds. The Morgan fingerprint density at radius 1 is 1.07 bits per heavy atom. The molecule has 0 aliphatic rings. The summed E-state index contributed by atoms with van der Waals surface area (Å²) in [4.78, 5) is 2.78. The number of thiophene rings is 1.